The van der Waals surface area contributed by atoms with Gasteiger partial charge in [-0.1, -0.05) is 0 Å². The van der Waals surface area contributed by atoms with E-state index in [1.807, 2.05) is 11.7 Å². The number of carbonyl (C=O) groups excluding carboxylic acids is 1. The Labute approximate surface area is 118 Å². The number of hydrogen-bond acceptors (Lipinski definition) is 3. The zero-order chi connectivity index (χ0) is 13.9. The van der Waals surface area contributed by atoms with Crippen LogP contribution in [0.2, 0.25) is 0 Å². The van der Waals surface area contributed by atoms with Crippen molar-refractivity contribution in [3.8, 4) is 0 Å². The summed E-state index contributed by atoms with van der Waals surface area (Å²) in [5, 5.41) is 7.48. The van der Waals surface area contributed by atoms with Crippen molar-refractivity contribution in [2.24, 2.45) is 7.05 Å². The van der Waals surface area contributed by atoms with Crippen molar-refractivity contribution in [1.82, 2.24) is 20.1 Å². The second-order valence-corrected chi connectivity index (χ2v) is 5.12. The van der Waals surface area contributed by atoms with Gasteiger partial charge in [0.05, 0.1) is 12.2 Å². The number of nitrogens with zero attached hydrogens (tertiary/aromatic N) is 3. The summed E-state index contributed by atoms with van der Waals surface area (Å²) in [6.45, 7) is 0.490. The van der Waals surface area contributed by atoms with E-state index in [0.717, 1.165) is 18.5 Å². The lowest BCUT2D eigenvalue weighted by atomic mass is 9.96. The highest BCUT2D eigenvalue weighted by molar-refractivity contribution is 5.93. The number of aryl methyl sites for hydroxylation is 1. The Morgan fingerprint density at radius 2 is 2.05 bits per heavy atom. The summed E-state index contributed by atoms with van der Waals surface area (Å²) in [5.74, 6) is -0.0809. The van der Waals surface area contributed by atoms with Crippen LogP contribution in [0.15, 0.2) is 24.5 Å². The van der Waals surface area contributed by atoms with Crippen molar-refractivity contribution in [3.63, 3.8) is 0 Å². The molecule has 0 radical (unpaired) electrons. The first-order valence-electron chi connectivity index (χ1n) is 6.97. The normalized spacial score (nSPS) is 13.8. The zero-order valence-corrected chi connectivity index (χ0v) is 11.6. The molecule has 0 unspecified atom stereocenters. The first kappa shape index (κ1) is 12.8. The van der Waals surface area contributed by atoms with Crippen LogP contribution in [-0.4, -0.2) is 20.7 Å². The Morgan fingerprint density at radius 1 is 1.30 bits per heavy atom. The summed E-state index contributed by atoms with van der Waals surface area (Å²) in [7, 11) is 1.98. The smallest absolute Gasteiger partial charge is 0.251 e. The van der Waals surface area contributed by atoms with Crippen LogP contribution in [0.4, 0.5) is 0 Å². The maximum Gasteiger partial charge on any atom is 0.251 e. The Bertz CT molecular complexity index is 618. The van der Waals surface area contributed by atoms with E-state index in [2.05, 4.69) is 15.4 Å². The SMILES string of the molecule is Cn1nc(CNC(=O)c2ccncc2)c2c1CCCC2. The molecule has 0 atom stereocenters. The Balaban J connectivity index is 1.71. The molecule has 0 fully saturated rings. The quantitative estimate of drug-likeness (QED) is 0.922. The van der Waals surface area contributed by atoms with Crippen molar-refractivity contribution in [2.45, 2.75) is 32.2 Å². The van der Waals surface area contributed by atoms with E-state index in [1.54, 1.807) is 24.5 Å². The van der Waals surface area contributed by atoms with Gasteiger partial charge in [0.25, 0.3) is 5.91 Å². The van der Waals surface area contributed by atoms with Crippen LogP contribution in [0.25, 0.3) is 0 Å². The number of hydrogen-bond donors (Lipinski definition) is 1. The van der Waals surface area contributed by atoms with Crippen LogP contribution < -0.4 is 5.32 Å². The number of rotatable bonds is 3. The van der Waals surface area contributed by atoms with Crippen molar-refractivity contribution >= 4 is 5.91 Å². The van der Waals surface area contributed by atoms with Crippen LogP contribution in [0.1, 0.15) is 40.2 Å². The molecule has 2 aromatic heterocycles. The Kier molecular flexibility index (Phi) is 3.50. The van der Waals surface area contributed by atoms with Crippen molar-refractivity contribution in [2.75, 3.05) is 0 Å². The van der Waals surface area contributed by atoms with Crippen LogP contribution in [0.3, 0.4) is 0 Å². The van der Waals surface area contributed by atoms with Gasteiger partial charge < -0.3 is 5.32 Å². The van der Waals surface area contributed by atoms with Crippen LogP contribution in [0.5, 0.6) is 0 Å². The lowest BCUT2D eigenvalue weighted by Crippen LogP contribution is -2.23. The van der Waals surface area contributed by atoms with E-state index >= 15 is 0 Å². The van der Waals surface area contributed by atoms with E-state index in [9.17, 15) is 4.79 Å². The van der Waals surface area contributed by atoms with E-state index in [0.29, 0.717) is 12.1 Å². The minimum absolute atomic E-state index is 0.0809. The minimum Gasteiger partial charge on any atom is -0.346 e. The largest absolute Gasteiger partial charge is 0.346 e. The van der Waals surface area contributed by atoms with Gasteiger partial charge >= 0.3 is 0 Å². The van der Waals surface area contributed by atoms with Gasteiger partial charge in [-0.05, 0) is 43.4 Å². The summed E-state index contributed by atoms with van der Waals surface area (Å²) in [6, 6.07) is 3.42. The van der Waals surface area contributed by atoms with Crippen LogP contribution in [0, 0.1) is 0 Å². The molecule has 1 aliphatic carbocycles. The van der Waals surface area contributed by atoms with Crippen LogP contribution in [-0.2, 0) is 26.4 Å². The molecule has 104 valence electrons. The molecule has 1 N–H and O–H groups in total. The molecule has 1 aliphatic rings. The van der Waals surface area contributed by atoms with Crippen molar-refractivity contribution in [1.29, 1.82) is 0 Å². The standard InChI is InChI=1S/C15H18N4O/c1-19-14-5-3-2-4-12(14)13(18-19)10-17-15(20)11-6-8-16-9-7-11/h6-9H,2-5,10H2,1H3,(H,17,20). The highest BCUT2D eigenvalue weighted by atomic mass is 16.1. The predicted molar refractivity (Wildman–Crippen MR) is 75.3 cm³/mol. The average molecular weight is 270 g/mol. The van der Waals surface area contributed by atoms with Gasteiger partial charge in [0, 0.05) is 30.7 Å². The van der Waals surface area contributed by atoms with Gasteiger partial charge in [0.2, 0.25) is 0 Å². The second kappa shape index (κ2) is 5.45. The molecule has 0 aliphatic heterocycles. The third-order valence-corrected chi connectivity index (χ3v) is 3.81. The highest BCUT2D eigenvalue weighted by Gasteiger charge is 2.19. The summed E-state index contributed by atoms with van der Waals surface area (Å²) < 4.78 is 1.96. The highest BCUT2D eigenvalue weighted by Crippen LogP contribution is 2.23. The van der Waals surface area contributed by atoms with Crippen molar-refractivity contribution < 1.29 is 4.79 Å². The van der Waals surface area contributed by atoms with Gasteiger partial charge in [-0.2, -0.15) is 5.10 Å². The molecule has 5 nitrogen and oxygen atoms in total. The fourth-order valence-corrected chi connectivity index (χ4v) is 2.77. The number of carbonyl (C=O) groups is 1. The predicted octanol–water partition coefficient (Wildman–Crippen LogP) is 1.62. The average Bonchev–Trinajstić information content (AvgIpc) is 2.83. The summed E-state index contributed by atoms with van der Waals surface area (Å²) >= 11 is 0. The monoisotopic (exact) mass is 270 g/mol. The van der Waals surface area contributed by atoms with Gasteiger partial charge in [-0.3, -0.25) is 14.5 Å². The van der Waals surface area contributed by atoms with Gasteiger partial charge in [-0.25, -0.2) is 0 Å². The first-order valence-corrected chi connectivity index (χ1v) is 6.97. The zero-order valence-electron chi connectivity index (χ0n) is 11.6. The molecule has 2 heterocycles. The fraction of sp³-hybridized carbons (Fsp3) is 0.400. The first-order chi connectivity index (χ1) is 9.75. The number of pyridine rings is 1. The lowest BCUT2D eigenvalue weighted by Gasteiger charge is -2.12. The topological polar surface area (TPSA) is 59.8 Å². The molecule has 0 saturated carbocycles. The second-order valence-electron chi connectivity index (χ2n) is 5.12. The molecule has 0 saturated heterocycles. The molecule has 3 rings (SSSR count). The lowest BCUT2D eigenvalue weighted by molar-refractivity contribution is 0.0950. The molecule has 5 heteroatoms. The molecule has 0 spiro atoms. The van der Waals surface area contributed by atoms with Gasteiger partial charge in [0.1, 0.15) is 0 Å². The van der Waals surface area contributed by atoms with Gasteiger partial charge in [0.15, 0.2) is 0 Å². The van der Waals surface area contributed by atoms with E-state index in [4.69, 9.17) is 0 Å². The number of aromatic nitrogens is 3. The third kappa shape index (κ3) is 2.43. The third-order valence-electron chi connectivity index (χ3n) is 3.81. The fourth-order valence-electron chi connectivity index (χ4n) is 2.77. The van der Waals surface area contributed by atoms with Crippen molar-refractivity contribution in [3.05, 3.63) is 47.0 Å². The van der Waals surface area contributed by atoms with E-state index in [-0.39, 0.29) is 5.91 Å². The molecular weight excluding hydrogens is 252 g/mol. The maximum absolute atomic E-state index is 12.0. The Hall–Kier alpha value is -2.17. The summed E-state index contributed by atoms with van der Waals surface area (Å²) in [5.41, 5.74) is 4.28. The van der Waals surface area contributed by atoms with Gasteiger partial charge in [-0.15, -0.1) is 0 Å². The number of nitrogens with one attached hydrogen (secondary N) is 1. The molecule has 2 aromatic rings. The minimum atomic E-state index is -0.0809. The molecular formula is C15H18N4O. The van der Waals surface area contributed by atoms with E-state index in [1.165, 1.54) is 24.1 Å². The Morgan fingerprint density at radius 3 is 2.85 bits per heavy atom. The number of amides is 1. The molecule has 1 amide bonds. The number of fused-ring (bicyclic) bond motifs is 1. The molecule has 0 aromatic carbocycles. The van der Waals surface area contributed by atoms with Crippen LogP contribution >= 0.6 is 0 Å². The van der Waals surface area contributed by atoms with E-state index < -0.39 is 0 Å². The summed E-state index contributed by atoms with van der Waals surface area (Å²) in [4.78, 5) is 15.9. The molecule has 20 heavy (non-hydrogen) atoms. The summed E-state index contributed by atoms with van der Waals surface area (Å²) in [6.07, 6.45) is 7.86. The molecule has 0 bridgehead atoms. The maximum atomic E-state index is 12.0.